The minimum atomic E-state index is -4.12. The molecule has 0 unspecified atom stereocenters. The fourth-order valence-electron chi connectivity index (χ4n) is 4.10. The van der Waals surface area contributed by atoms with Crippen LogP contribution in [0.4, 0.5) is 11.4 Å². The van der Waals surface area contributed by atoms with Gasteiger partial charge < -0.3 is 19.3 Å². The van der Waals surface area contributed by atoms with Gasteiger partial charge in [-0.05, 0) is 48.5 Å². The summed E-state index contributed by atoms with van der Waals surface area (Å²) in [6, 6.07) is 20.7. The summed E-state index contributed by atoms with van der Waals surface area (Å²) in [5.74, 6) is 0.404. The third-order valence-corrected chi connectivity index (χ3v) is 8.11. The molecule has 4 rings (SSSR count). The van der Waals surface area contributed by atoms with Crippen molar-refractivity contribution in [1.82, 2.24) is 4.90 Å². The summed E-state index contributed by atoms with van der Waals surface area (Å²) in [7, 11) is -1.21. The molecule has 1 amide bonds. The first-order valence-corrected chi connectivity index (χ1v) is 13.2. The number of nitrogens with zero attached hydrogens (tertiary/aromatic N) is 3. The van der Waals surface area contributed by atoms with E-state index in [0.717, 1.165) is 9.99 Å². The molecule has 1 aliphatic rings. The van der Waals surface area contributed by atoms with Crippen LogP contribution in [-0.4, -0.2) is 66.2 Å². The molecule has 0 bridgehead atoms. The molecule has 10 heteroatoms. The molecule has 0 spiro atoms. The zero-order valence-electron chi connectivity index (χ0n) is 20.1. The lowest BCUT2D eigenvalue weighted by Gasteiger charge is -2.37. The fourth-order valence-corrected chi connectivity index (χ4v) is 5.66. The minimum absolute atomic E-state index is 0.0169. The van der Waals surface area contributed by atoms with Gasteiger partial charge in [0.2, 0.25) is 5.91 Å². The van der Waals surface area contributed by atoms with Crippen molar-refractivity contribution in [2.24, 2.45) is 0 Å². The molecule has 0 aliphatic carbocycles. The number of carbonyl (C=O) groups is 1. The maximum absolute atomic E-state index is 13.8. The SMILES string of the molecule is COc1ccc(S(=O)(=O)N(CC(=O)N2CCN(c3ccccc3)CC2)c2ccc(Cl)cc2)cc1OC. The number of rotatable bonds is 8. The highest BCUT2D eigenvalue weighted by atomic mass is 35.5. The Morgan fingerprint density at radius 1 is 0.889 bits per heavy atom. The topological polar surface area (TPSA) is 79.4 Å². The molecule has 0 N–H and O–H groups in total. The number of anilines is 2. The Balaban J connectivity index is 1.58. The van der Waals surface area contributed by atoms with Crippen LogP contribution in [0.15, 0.2) is 77.7 Å². The van der Waals surface area contributed by atoms with Gasteiger partial charge in [0.05, 0.1) is 24.8 Å². The normalized spacial score (nSPS) is 13.9. The molecule has 1 saturated heterocycles. The molecular weight excluding hydrogens is 502 g/mol. The van der Waals surface area contributed by atoms with Crippen molar-refractivity contribution >= 4 is 38.9 Å². The first-order chi connectivity index (χ1) is 17.3. The zero-order chi connectivity index (χ0) is 25.7. The summed E-state index contributed by atoms with van der Waals surface area (Å²) >= 11 is 6.03. The van der Waals surface area contributed by atoms with E-state index in [9.17, 15) is 13.2 Å². The van der Waals surface area contributed by atoms with Crippen LogP contribution in [0.3, 0.4) is 0 Å². The molecule has 3 aromatic carbocycles. The van der Waals surface area contributed by atoms with Gasteiger partial charge in [0, 0.05) is 43.0 Å². The van der Waals surface area contributed by atoms with Crippen LogP contribution in [-0.2, 0) is 14.8 Å². The van der Waals surface area contributed by atoms with Gasteiger partial charge in [0.1, 0.15) is 6.54 Å². The van der Waals surface area contributed by atoms with Gasteiger partial charge in [-0.2, -0.15) is 0 Å². The van der Waals surface area contributed by atoms with Crippen LogP contribution in [0.5, 0.6) is 11.5 Å². The molecule has 0 saturated carbocycles. The van der Waals surface area contributed by atoms with E-state index in [1.807, 2.05) is 30.3 Å². The van der Waals surface area contributed by atoms with Gasteiger partial charge in [-0.3, -0.25) is 9.10 Å². The highest BCUT2D eigenvalue weighted by Gasteiger charge is 2.31. The first kappa shape index (κ1) is 25.7. The van der Waals surface area contributed by atoms with Gasteiger partial charge in [-0.25, -0.2) is 8.42 Å². The molecule has 1 heterocycles. The second-order valence-corrected chi connectivity index (χ2v) is 10.5. The van der Waals surface area contributed by atoms with E-state index in [2.05, 4.69) is 4.90 Å². The Labute approximate surface area is 216 Å². The highest BCUT2D eigenvalue weighted by Crippen LogP contribution is 2.32. The maximum Gasteiger partial charge on any atom is 0.264 e. The van der Waals surface area contributed by atoms with Crippen molar-refractivity contribution in [1.29, 1.82) is 0 Å². The smallest absolute Gasteiger partial charge is 0.264 e. The fraction of sp³-hybridized carbons (Fsp3) is 0.269. The van der Waals surface area contributed by atoms with Crippen LogP contribution < -0.4 is 18.7 Å². The average Bonchev–Trinajstić information content (AvgIpc) is 2.92. The quantitative estimate of drug-likeness (QED) is 0.440. The predicted molar refractivity (Wildman–Crippen MR) is 141 cm³/mol. The van der Waals surface area contributed by atoms with E-state index in [4.69, 9.17) is 21.1 Å². The molecular formula is C26H28ClN3O5S. The second kappa shape index (κ2) is 11.1. The van der Waals surface area contributed by atoms with E-state index in [-0.39, 0.29) is 23.1 Å². The summed E-state index contributed by atoms with van der Waals surface area (Å²) in [6.07, 6.45) is 0. The van der Waals surface area contributed by atoms with E-state index in [0.29, 0.717) is 42.6 Å². The average molecular weight is 530 g/mol. The Bertz CT molecular complexity index is 1290. The largest absolute Gasteiger partial charge is 0.493 e. The number of methoxy groups -OCH3 is 2. The van der Waals surface area contributed by atoms with Crippen LogP contribution in [0, 0.1) is 0 Å². The number of ether oxygens (including phenoxy) is 2. The lowest BCUT2D eigenvalue weighted by molar-refractivity contribution is -0.129. The van der Waals surface area contributed by atoms with Crippen molar-refractivity contribution in [3.8, 4) is 11.5 Å². The molecule has 8 nitrogen and oxygen atoms in total. The van der Waals surface area contributed by atoms with Crippen LogP contribution in [0.1, 0.15) is 0 Å². The van der Waals surface area contributed by atoms with Crippen molar-refractivity contribution in [3.05, 3.63) is 77.8 Å². The van der Waals surface area contributed by atoms with Gasteiger partial charge >= 0.3 is 0 Å². The summed E-state index contributed by atoms with van der Waals surface area (Å²) in [5.41, 5.74) is 1.44. The van der Waals surface area contributed by atoms with Crippen LogP contribution >= 0.6 is 11.6 Å². The number of piperazine rings is 1. The molecule has 1 fully saturated rings. The Hall–Kier alpha value is -3.43. The number of halogens is 1. The van der Waals surface area contributed by atoms with Gasteiger partial charge in [-0.15, -0.1) is 0 Å². The highest BCUT2D eigenvalue weighted by molar-refractivity contribution is 7.92. The number of sulfonamides is 1. The zero-order valence-corrected chi connectivity index (χ0v) is 21.7. The number of hydrogen-bond donors (Lipinski definition) is 0. The van der Waals surface area contributed by atoms with E-state index < -0.39 is 10.0 Å². The monoisotopic (exact) mass is 529 g/mol. The predicted octanol–water partition coefficient (Wildman–Crippen LogP) is 3.90. The molecule has 3 aromatic rings. The Morgan fingerprint density at radius 2 is 1.53 bits per heavy atom. The minimum Gasteiger partial charge on any atom is -0.493 e. The molecule has 36 heavy (non-hydrogen) atoms. The standard InChI is InChI=1S/C26H28ClN3O5S/c1-34-24-13-12-23(18-25(24)35-2)36(32,33)30(22-10-8-20(27)9-11-22)19-26(31)29-16-14-28(15-17-29)21-6-4-3-5-7-21/h3-13,18H,14-17,19H2,1-2H3. The van der Waals surface area contributed by atoms with Gasteiger partial charge in [0.25, 0.3) is 10.0 Å². The second-order valence-electron chi connectivity index (χ2n) is 8.21. The molecule has 1 aliphatic heterocycles. The number of amides is 1. The summed E-state index contributed by atoms with van der Waals surface area (Å²) < 4.78 is 39.1. The van der Waals surface area contributed by atoms with Gasteiger partial charge in [-0.1, -0.05) is 29.8 Å². The molecule has 0 aromatic heterocycles. The van der Waals surface area contributed by atoms with E-state index in [1.54, 1.807) is 29.2 Å². The van der Waals surface area contributed by atoms with Crippen molar-refractivity contribution in [3.63, 3.8) is 0 Å². The maximum atomic E-state index is 13.8. The molecule has 190 valence electrons. The molecule has 0 atom stereocenters. The number of carbonyl (C=O) groups excluding carboxylic acids is 1. The lowest BCUT2D eigenvalue weighted by atomic mass is 10.2. The number of benzene rings is 3. The number of hydrogen-bond acceptors (Lipinski definition) is 6. The lowest BCUT2D eigenvalue weighted by Crippen LogP contribution is -2.52. The van der Waals surface area contributed by atoms with Crippen molar-refractivity contribution < 1.29 is 22.7 Å². The molecule has 0 radical (unpaired) electrons. The van der Waals surface area contributed by atoms with E-state index in [1.165, 1.54) is 32.4 Å². The summed E-state index contributed by atoms with van der Waals surface area (Å²) in [6.45, 7) is 1.99. The van der Waals surface area contributed by atoms with Crippen molar-refractivity contribution in [2.75, 3.05) is 56.1 Å². The third-order valence-electron chi connectivity index (χ3n) is 6.09. The first-order valence-electron chi connectivity index (χ1n) is 11.4. The number of para-hydroxylation sites is 1. The van der Waals surface area contributed by atoms with Crippen LogP contribution in [0.2, 0.25) is 5.02 Å². The third kappa shape index (κ3) is 5.52. The van der Waals surface area contributed by atoms with Gasteiger partial charge in [0.15, 0.2) is 11.5 Å². The van der Waals surface area contributed by atoms with E-state index >= 15 is 0 Å². The van der Waals surface area contributed by atoms with Crippen LogP contribution in [0.25, 0.3) is 0 Å². The van der Waals surface area contributed by atoms with Crippen molar-refractivity contribution in [2.45, 2.75) is 4.90 Å². The summed E-state index contributed by atoms with van der Waals surface area (Å²) in [5, 5.41) is 0.463. The Kier molecular flexibility index (Phi) is 7.91. The summed E-state index contributed by atoms with van der Waals surface area (Å²) in [4.78, 5) is 17.2. The Morgan fingerprint density at radius 3 is 2.14 bits per heavy atom.